The van der Waals surface area contributed by atoms with Crippen molar-refractivity contribution in [3.05, 3.63) is 188 Å². The lowest BCUT2D eigenvalue weighted by molar-refractivity contribution is 0.669. The molecule has 10 aromatic rings. The van der Waals surface area contributed by atoms with Crippen LogP contribution in [0.25, 0.3) is 101 Å². The number of aromatic nitrogens is 5. The molecule has 6 nitrogen and oxygen atoms in total. The highest BCUT2D eigenvalue weighted by molar-refractivity contribution is 6.15. The van der Waals surface area contributed by atoms with Crippen LogP contribution >= 0.6 is 0 Å². The first-order valence-electron chi connectivity index (χ1n) is 18.2. The second-order valence-corrected chi connectivity index (χ2v) is 13.3. The first-order valence-corrected chi connectivity index (χ1v) is 18.2. The molecule has 7 aromatic carbocycles. The highest BCUT2D eigenvalue weighted by atomic mass is 16.3. The van der Waals surface area contributed by atoms with Crippen molar-refractivity contribution in [3.63, 3.8) is 0 Å². The number of nitrogens with zero attached hydrogens (tertiary/aromatic N) is 5. The second kappa shape index (κ2) is 13.8. The summed E-state index contributed by atoms with van der Waals surface area (Å²) in [6.07, 6.45) is 0. The van der Waals surface area contributed by atoms with Crippen molar-refractivity contribution in [2.24, 2.45) is 0 Å². The minimum atomic E-state index is 0.609. The van der Waals surface area contributed by atoms with Crippen LogP contribution in [0, 0.1) is 0 Å². The Labute approximate surface area is 317 Å². The zero-order chi connectivity index (χ0) is 36.6. The van der Waals surface area contributed by atoms with Gasteiger partial charge >= 0.3 is 0 Å². The zero-order valence-corrected chi connectivity index (χ0v) is 29.5. The Morgan fingerprint density at radius 1 is 0.309 bits per heavy atom. The molecular formula is C49H31N5O. The van der Waals surface area contributed by atoms with Gasteiger partial charge in [-0.2, -0.15) is 0 Å². The van der Waals surface area contributed by atoms with E-state index in [2.05, 4.69) is 72.8 Å². The Bertz CT molecular complexity index is 2830. The standard InChI is InChI=1S/C49H31N5O/c1-5-15-33(16-6-1)41-31-42(34-17-7-2-8-18-34)51-49(50-41)40-25-13-24-39-44-38(23-14-26-43(44)55-45(39)40)32-27-29-37(30-28-32)48-53-46(35-19-9-3-10-20-35)52-47(54-48)36-21-11-4-12-22-36/h1-31H. The molecule has 0 aliphatic carbocycles. The molecule has 258 valence electrons. The Morgan fingerprint density at radius 2 is 0.745 bits per heavy atom. The maximum atomic E-state index is 6.69. The van der Waals surface area contributed by atoms with Gasteiger partial charge in [-0.25, -0.2) is 24.9 Å². The van der Waals surface area contributed by atoms with Crippen molar-refractivity contribution in [1.82, 2.24) is 24.9 Å². The summed E-state index contributed by atoms with van der Waals surface area (Å²) in [6.45, 7) is 0. The van der Waals surface area contributed by atoms with Gasteiger partial charge in [-0.3, -0.25) is 0 Å². The van der Waals surface area contributed by atoms with Crippen LogP contribution in [0.4, 0.5) is 0 Å². The first-order chi connectivity index (χ1) is 27.2. The minimum Gasteiger partial charge on any atom is -0.455 e. The van der Waals surface area contributed by atoms with E-state index in [9.17, 15) is 0 Å². The molecule has 0 fully saturated rings. The number of benzene rings is 7. The maximum absolute atomic E-state index is 6.69. The van der Waals surface area contributed by atoms with E-state index in [1.165, 1.54) is 0 Å². The summed E-state index contributed by atoms with van der Waals surface area (Å²) in [7, 11) is 0. The Morgan fingerprint density at radius 3 is 1.27 bits per heavy atom. The molecule has 0 aliphatic rings. The van der Waals surface area contributed by atoms with Crippen molar-refractivity contribution >= 4 is 21.9 Å². The van der Waals surface area contributed by atoms with E-state index >= 15 is 0 Å². The SMILES string of the molecule is c1ccc(-c2cc(-c3ccccc3)nc(-c3cccc4c3oc3cccc(-c5ccc(-c6nc(-c7ccccc7)nc(-c7ccccc7)n6)cc5)c34)n2)cc1. The van der Waals surface area contributed by atoms with Crippen molar-refractivity contribution in [2.45, 2.75) is 0 Å². The van der Waals surface area contributed by atoms with Crippen LogP contribution in [0.3, 0.4) is 0 Å². The lowest BCUT2D eigenvalue weighted by Crippen LogP contribution is -2.00. The van der Waals surface area contributed by atoms with E-state index in [0.717, 1.165) is 77.8 Å². The molecule has 10 rings (SSSR count). The Balaban J connectivity index is 1.08. The van der Waals surface area contributed by atoms with Crippen LogP contribution in [-0.4, -0.2) is 24.9 Å². The third kappa shape index (κ3) is 6.11. The Hall–Kier alpha value is -7.57. The van der Waals surface area contributed by atoms with Gasteiger partial charge in [0.15, 0.2) is 23.3 Å². The monoisotopic (exact) mass is 705 g/mol. The smallest absolute Gasteiger partial charge is 0.164 e. The molecule has 55 heavy (non-hydrogen) atoms. The largest absolute Gasteiger partial charge is 0.455 e. The predicted molar refractivity (Wildman–Crippen MR) is 221 cm³/mol. The van der Waals surface area contributed by atoms with Gasteiger partial charge in [0.05, 0.1) is 17.0 Å². The minimum absolute atomic E-state index is 0.609. The van der Waals surface area contributed by atoms with Crippen LogP contribution in [-0.2, 0) is 0 Å². The number of furan rings is 1. The molecule has 0 saturated carbocycles. The van der Waals surface area contributed by atoms with Crippen molar-refractivity contribution in [3.8, 4) is 79.2 Å². The van der Waals surface area contributed by atoms with E-state index in [1.807, 2.05) is 115 Å². The molecule has 0 unspecified atom stereocenters. The number of hydrogen-bond acceptors (Lipinski definition) is 6. The van der Waals surface area contributed by atoms with Crippen LogP contribution in [0.5, 0.6) is 0 Å². The third-order valence-electron chi connectivity index (χ3n) is 9.78. The highest BCUT2D eigenvalue weighted by Crippen LogP contribution is 2.41. The van der Waals surface area contributed by atoms with Crippen LogP contribution < -0.4 is 0 Å². The van der Waals surface area contributed by atoms with Crippen molar-refractivity contribution in [2.75, 3.05) is 0 Å². The molecular weight excluding hydrogens is 675 g/mol. The van der Waals surface area contributed by atoms with E-state index in [0.29, 0.717) is 23.3 Å². The lowest BCUT2D eigenvalue weighted by atomic mass is 9.97. The number of fused-ring (bicyclic) bond motifs is 3. The maximum Gasteiger partial charge on any atom is 0.164 e. The van der Waals surface area contributed by atoms with Crippen molar-refractivity contribution in [1.29, 1.82) is 0 Å². The van der Waals surface area contributed by atoms with Crippen LogP contribution in [0.15, 0.2) is 192 Å². The number of para-hydroxylation sites is 1. The lowest BCUT2D eigenvalue weighted by Gasteiger charge is -2.10. The molecule has 0 bridgehead atoms. The average Bonchev–Trinajstić information content (AvgIpc) is 3.67. The van der Waals surface area contributed by atoms with Gasteiger partial charge < -0.3 is 4.42 Å². The van der Waals surface area contributed by atoms with Gasteiger partial charge in [-0.15, -0.1) is 0 Å². The molecule has 0 radical (unpaired) electrons. The normalized spacial score (nSPS) is 11.3. The van der Waals surface area contributed by atoms with Gasteiger partial charge in [-0.05, 0) is 29.3 Å². The number of rotatable bonds is 7. The summed E-state index contributed by atoms with van der Waals surface area (Å²) in [5.41, 5.74) is 11.0. The Kier molecular flexibility index (Phi) is 8.04. The second-order valence-electron chi connectivity index (χ2n) is 13.3. The fourth-order valence-corrected chi connectivity index (χ4v) is 7.08. The van der Waals surface area contributed by atoms with Gasteiger partial charge in [0.2, 0.25) is 0 Å². The highest BCUT2D eigenvalue weighted by Gasteiger charge is 2.19. The zero-order valence-electron chi connectivity index (χ0n) is 29.5. The molecule has 0 saturated heterocycles. The molecule has 0 aliphatic heterocycles. The fraction of sp³-hybridized carbons (Fsp3) is 0. The molecule has 3 heterocycles. The van der Waals surface area contributed by atoms with Gasteiger partial charge in [0.25, 0.3) is 0 Å². The van der Waals surface area contributed by atoms with Crippen LogP contribution in [0.1, 0.15) is 0 Å². The molecule has 0 amide bonds. The van der Waals surface area contributed by atoms with E-state index in [4.69, 9.17) is 29.3 Å². The average molecular weight is 706 g/mol. The van der Waals surface area contributed by atoms with Gasteiger partial charge in [0, 0.05) is 38.6 Å². The van der Waals surface area contributed by atoms with E-state index in [-0.39, 0.29) is 0 Å². The van der Waals surface area contributed by atoms with Crippen molar-refractivity contribution < 1.29 is 4.42 Å². The quantitative estimate of drug-likeness (QED) is 0.164. The fourth-order valence-electron chi connectivity index (χ4n) is 7.08. The summed E-state index contributed by atoms with van der Waals surface area (Å²) < 4.78 is 6.69. The molecule has 0 N–H and O–H groups in total. The third-order valence-corrected chi connectivity index (χ3v) is 9.78. The molecule has 6 heteroatoms. The molecule has 0 spiro atoms. The van der Waals surface area contributed by atoms with E-state index < -0.39 is 0 Å². The summed E-state index contributed by atoms with van der Waals surface area (Å²) >= 11 is 0. The predicted octanol–water partition coefficient (Wildman–Crippen LogP) is 12.2. The summed E-state index contributed by atoms with van der Waals surface area (Å²) in [5, 5.41) is 2.03. The topological polar surface area (TPSA) is 77.6 Å². The summed E-state index contributed by atoms with van der Waals surface area (Å²) in [4.78, 5) is 24.9. The summed E-state index contributed by atoms with van der Waals surface area (Å²) in [6, 6.07) is 63.4. The summed E-state index contributed by atoms with van der Waals surface area (Å²) in [5.74, 6) is 2.49. The van der Waals surface area contributed by atoms with Gasteiger partial charge in [0.1, 0.15) is 11.2 Å². The van der Waals surface area contributed by atoms with Gasteiger partial charge in [-0.1, -0.05) is 170 Å². The van der Waals surface area contributed by atoms with Crippen LogP contribution in [0.2, 0.25) is 0 Å². The first kappa shape index (κ1) is 32.1. The number of hydrogen-bond donors (Lipinski definition) is 0. The molecule has 3 aromatic heterocycles. The molecule has 0 atom stereocenters. The van der Waals surface area contributed by atoms with E-state index in [1.54, 1.807) is 0 Å².